The Kier molecular flexibility index (Phi) is 10.0. The standard InChI is InChI=1S/C19H33F2N7.HI/c1-14-25-26-18(27(14)2)12-22-19(23-15-6-4-3-5-7-15)24-16-8-10-28(11-9-16)13-17(20)21;/h15-17H,3-13H2,1-2H3,(H2,22,23,24);1H. The third-order valence-corrected chi connectivity index (χ3v) is 5.83. The number of piperidine rings is 1. The van der Waals surface area contributed by atoms with Crippen LogP contribution in [0.1, 0.15) is 56.6 Å². The summed E-state index contributed by atoms with van der Waals surface area (Å²) in [4.78, 5) is 6.61. The van der Waals surface area contributed by atoms with Crippen molar-refractivity contribution in [3.05, 3.63) is 11.6 Å². The minimum Gasteiger partial charge on any atom is -0.354 e. The SMILES string of the molecule is Cc1nnc(CN=C(NC2CCCCC2)NC2CCN(CC(F)F)CC2)n1C.I. The largest absolute Gasteiger partial charge is 0.354 e. The van der Waals surface area contributed by atoms with Crippen molar-refractivity contribution in [2.45, 2.75) is 76.9 Å². The lowest BCUT2D eigenvalue weighted by molar-refractivity contribution is 0.0744. The Morgan fingerprint density at radius 1 is 1.07 bits per heavy atom. The van der Waals surface area contributed by atoms with Gasteiger partial charge in [0.05, 0.1) is 6.54 Å². The minimum absolute atomic E-state index is 0. The summed E-state index contributed by atoms with van der Waals surface area (Å²) in [5, 5.41) is 15.4. The average molecular weight is 525 g/mol. The zero-order chi connectivity index (χ0) is 19.9. The lowest BCUT2D eigenvalue weighted by Crippen LogP contribution is -2.51. The van der Waals surface area contributed by atoms with Crippen molar-refractivity contribution in [1.29, 1.82) is 0 Å². The van der Waals surface area contributed by atoms with Crippen LogP contribution in [0.25, 0.3) is 0 Å². The van der Waals surface area contributed by atoms with Crippen LogP contribution in [0.4, 0.5) is 8.78 Å². The number of guanidine groups is 1. The number of nitrogens with one attached hydrogen (secondary N) is 2. The van der Waals surface area contributed by atoms with Gasteiger partial charge >= 0.3 is 0 Å². The van der Waals surface area contributed by atoms with E-state index < -0.39 is 6.43 Å². The van der Waals surface area contributed by atoms with Gasteiger partial charge in [0.15, 0.2) is 11.8 Å². The number of hydrogen-bond donors (Lipinski definition) is 2. The highest BCUT2D eigenvalue weighted by Crippen LogP contribution is 2.18. The summed E-state index contributed by atoms with van der Waals surface area (Å²) >= 11 is 0. The molecule has 1 aromatic heterocycles. The maximum absolute atomic E-state index is 12.6. The topological polar surface area (TPSA) is 70.4 Å². The molecule has 0 spiro atoms. The first kappa shape index (κ1) is 24.2. The van der Waals surface area contributed by atoms with Crippen molar-refractivity contribution in [3.63, 3.8) is 0 Å². The van der Waals surface area contributed by atoms with E-state index in [4.69, 9.17) is 4.99 Å². The van der Waals surface area contributed by atoms with E-state index in [-0.39, 0.29) is 36.6 Å². The molecule has 0 atom stereocenters. The quantitative estimate of drug-likeness (QED) is 0.340. The van der Waals surface area contributed by atoms with E-state index in [9.17, 15) is 8.78 Å². The Balaban J connectivity index is 0.00000300. The summed E-state index contributed by atoms with van der Waals surface area (Å²) < 4.78 is 27.1. The third kappa shape index (κ3) is 7.62. The number of alkyl halides is 2. The number of hydrogen-bond acceptors (Lipinski definition) is 4. The molecule has 1 aliphatic heterocycles. The predicted octanol–water partition coefficient (Wildman–Crippen LogP) is 2.84. The van der Waals surface area contributed by atoms with Crippen molar-refractivity contribution in [1.82, 2.24) is 30.3 Å². The van der Waals surface area contributed by atoms with Crippen LogP contribution in [0.2, 0.25) is 0 Å². The molecule has 7 nitrogen and oxygen atoms in total. The zero-order valence-corrected chi connectivity index (χ0v) is 19.7. The predicted molar refractivity (Wildman–Crippen MR) is 121 cm³/mol. The first-order valence-electron chi connectivity index (χ1n) is 10.4. The molecule has 0 unspecified atom stereocenters. The smallest absolute Gasteiger partial charge is 0.251 e. The molecule has 29 heavy (non-hydrogen) atoms. The van der Waals surface area contributed by atoms with Gasteiger partial charge in [0.1, 0.15) is 12.4 Å². The molecule has 166 valence electrons. The van der Waals surface area contributed by atoms with Crippen LogP contribution < -0.4 is 10.6 Å². The summed E-state index contributed by atoms with van der Waals surface area (Å²) in [6.07, 6.45) is 5.57. The maximum atomic E-state index is 12.6. The molecule has 1 aromatic rings. The highest BCUT2D eigenvalue weighted by Gasteiger charge is 2.23. The molecule has 1 aliphatic carbocycles. The highest BCUT2D eigenvalue weighted by atomic mass is 127. The van der Waals surface area contributed by atoms with Gasteiger partial charge in [-0.15, -0.1) is 34.2 Å². The Bertz CT molecular complexity index is 639. The van der Waals surface area contributed by atoms with Gasteiger partial charge in [-0.1, -0.05) is 19.3 Å². The fourth-order valence-corrected chi connectivity index (χ4v) is 3.96. The summed E-state index contributed by atoms with van der Waals surface area (Å²) in [5.74, 6) is 2.50. The number of nitrogens with zero attached hydrogens (tertiary/aromatic N) is 5. The van der Waals surface area contributed by atoms with E-state index >= 15 is 0 Å². The number of halogens is 3. The summed E-state index contributed by atoms with van der Waals surface area (Å²) in [6, 6.07) is 0.699. The van der Waals surface area contributed by atoms with E-state index in [0.717, 1.165) is 43.3 Å². The molecule has 0 bridgehead atoms. The molecule has 10 heteroatoms. The molecule has 2 N–H and O–H groups in total. The van der Waals surface area contributed by atoms with Gasteiger partial charge in [0.2, 0.25) is 0 Å². The monoisotopic (exact) mass is 525 g/mol. The Labute approximate surface area is 189 Å². The number of rotatable bonds is 6. The summed E-state index contributed by atoms with van der Waals surface area (Å²) in [7, 11) is 1.95. The lowest BCUT2D eigenvalue weighted by Gasteiger charge is -2.34. The van der Waals surface area contributed by atoms with Crippen LogP contribution >= 0.6 is 24.0 Å². The van der Waals surface area contributed by atoms with E-state index in [1.165, 1.54) is 19.3 Å². The van der Waals surface area contributed by atoms with E-state index in [2.05, 4.69) is 20.8 Å². The number of aryl methyl sites for hydroxylation is 1. The van der Waals surface area contributed by atoms with Gasteiger partial charge < -0.3 is 15.2 Å². The third-order valence-electron chi connectivity index (χ3n) is 5.83. The van der Waals surface area contributed by atoms with Crippen LogP contribution in [0, 0.1) is 6.92 Å². The molecular formula is C19H34F2IN7. The van der Waals surface area contributed by atoms with E-state index in [1.807, 2.05) is 23.4 Å². The average Bonchev–Trinajstić information content (AvgIpc) is 3.00. The number of aliphatic imine (C=N–C) groups is 1. The second-order valence-electron chi connectivity index (χ2n) is 7.98. The number of likely N-dealkylation sites (tertiary alicyclic amines) is 1. The lowest BCUT2D eigenvalue weighted by atomic mass is 9.95. The molecule has 0 amide bonds. The Morgan fingerprint density at radius 2 is 1.69 bits per heavy atom. The molecule has 2 aliphatic rings. The van der Waals surface area contributed by atoms with Crippen LogP contribution in [-0.2, 0) is 13.6 Å². The van der Waals surface area contributed by atoms with Gasteiger partial charge in [-0.3, -0.25) is 4.90 Å². The van der Waals surface area contributed by atoms with Crippen molar-refractivity contribution in [2.24, 2.45) is 12.0 Å². The fraction of sp³-hybridized carbons (Fsp3) is 0.842. The molecule has 3 rings (SSSR count). The van der Waals surface area contributed by atoms with Crippen molar-refractivity contribution in [2.75, 3.05) is 19.6 Å². The highest BCUT2D eigenvalue weighted by molar-refractivity contribution is 14.0. The van der Waals surface area contributed by atoms with Gasteiger partial charge in [-0.25, -0.2) is 13.8 Å². The minimum atomic E-state index is -2.26. The van der Waals surface area contributed by atoms with Crippen LogP contribution in [0.3, 0.4) is 0 Å². The van der Waals surface area contributed by atoms with Crippen molar-refractivity contribution >= 4 is 29.9 Å². The van der Waals surface area contributed by atoms with Crippen molar-refractivity contribution in [3.8, 4) is 0 Å². The maximum Gasteiger partial charge on any atom is 0.251 e. The second-order valence-corrected chi connectivity index (χ2v) is 7.98. The van der Waals surface area contributed by atoms with Gasteiger partial charge in [0.25, 0.3) is 6.43 Å². The summed E-state index contributed by atoms with van der Waals surface area (Å²) in [6.45, 7) is 3.65. The molecular weight excluding hydrogens is 491 g/mol. The fourth-order valence-electron chi connectivity index (χ4n) is 3.96. The van der Waals surface area contributed by atoms with Crippen LogP contribution in [0.15, 0.2) is 4.99 Å². The second kappa shape index (κ2) is 12.0. The Morgan fingerprint density at radius 3 is 2.24 bits per heavy atom. The molecule has 2 heterocycles. The molecule has 1 saturated heterocycles. The van der Waals surface area contributed by atoms with Crippen LogP contribution in [0.5, 0.6) is 0 Å². The molecule has 1 saturated carbocycles. The summed E-state index contributed by atoms with van der Waals surface area (Å²) in [5.41, 5.74) is 0. The van der Waals surface area contributed by atoms with Gasteiger partial charge in [-0.2, -0.15) is 0 Å². The van der Waals surface area contributed by atoms with Gasteiger partial charge in [0, 0.05) is 32.2 Å². The molecule has 2 fully saturated rings. The normalized spacial score (nSPS) is 20.0. The van der Waals surface area contributed by atoms with Crippen molar-refractivity contribution < 1.29 is 8.78 Å². The first-order valence-corrected chi connectivity index (χ1v) is 10.4. The Hall–Kier alpha value is -1.04. The molecule has 0 radical (unpaired) electrons. The van der Waals surface area contributed by atoms with E-state index in [1.54, 1.807) is 0 Å². The first-order chi connectivity index (χ1) is 13.5. The van der Waals surface area contributed by atoms with E-state index in [0.29, 0.717) is 25.7 Å². The molecule has 0 aromatic carbocycles. The van der Waals surface area contributed by atoms with Gasteiger partial charge in [-0.05, 0) is 32.6 Å². The number of aromatic nitrogens is 3. The zero-order valence-electron chi connectivity index (χ0n) is 17.4. The van der Waals surface area contributed by atoms with Crippen LogP contribution in [-0.4, -0.2) is 63.8 Å².